The summed E-state index contributed by atoms with van der Waals surface area (Å²) in [6.07, 6.45) is 3.78. The van der Waals surface area contributed by atoms with E-state index in [-0.39, 0.29) is 4.32 Å². The van der Waals surface area contributed by atoms with Gasteiger partial charge in [-0.2, -0.15) is 0 Å². The Morgan fingerprint density at radius 2 is 2.45 bits per heavy atom. The number of alkyl halides is 1. The van der Waals surface area contributed by atoms with Crippen molar-refractivity contribution in [3.63, 3.8) is 0 Å². The van der Waals surface area contributed by atoms with E-state index >= 15 is 0 Å². The van der Waals surface area contributed by atoms with Crippen LogP contribution < -0.4 is 0 Å². The van der Waals surface area contributed by atoms with Crippen LogP contribution in [-0.2, 0) is 4.74 Å². The second-order valence-electron chi connectivity index (χ2n) is 3.26. The highest BCUT2D eigenvalue weighted by atomic mass is 79.9. The minimum atomic E-state index is 0.150. The summed E-state index contributed by atoms with van der Waals surface area (Å²) < 4.78 is 5.79. The highest BCUT2D eigenvalue weighted by Crippen LogP contribution is 2.47. The summed E-state index contributed by atoms with van der Waals surface area (Å²) in [5, 5.41) is 0. The standard InChI is InChI=1S/C8H12BrNO/c1-2-6-5-10-7(11-6)8(9)3-4-8/h6H,2-5H2,1H3. The number of rotatable bonds is 2. The van der Waals surface area contributed by atoms with Gasteiger partial charge in [0.1, 0.15) is 10.4 Å². The maximum absolute atomic E-state index is 5.64. The normalized spacial score (nSPS) is 32.9. The molecule has 1 aliphatic heterocycles. The van der Waals surface area contributed by atoms with Crippen LogP contribution in [0.15, 0.2) is 4.99 Å². The van der Waals surface area contributed by atoms with Gasteiger partial charge in [-0.15, -0.1) is 0 Å². The van der Waals surface area contributed by atoms with Gasteiger partial charge in [0.2, 0.25) is 5.90 Å². The molecule has 11 heavy (non-hydrogen) atoms. The van der Waals surface area contributed by atoms with E-state index in [0.29, 0.717) is 6.10 Å². The Balaban J connectivity index is 1.98. The van der Waals surface area contributed by atoms with Crippen LogP contribution in [0.25, 0.3) is 0 Å². The van der Waals surface area contributed by atoms with Gasteiger partial charge in [0, 0.05) is 0 Å². The van der Waals surface area contributed by atoms with Gasteiger partial charge in [-0.05, 0) is 19.3 Å². The first-order valence-corrected chi connectivity index (χ1v) is 4.94. The number of aliphatic imine (C=N–C) groups is 1. The maximum atomic E-state index is 5.64. The Labute approximate surface area is 75.2 Å². The summed E-state index contributed by atoms with van der Waals surface area (Å²) in [7, 11) is 0. The quantitative estimate of drug-likeness (QED) is 0.650. The van der Waals surface area contributed by atoms with Crippen molar-refractivity contribution in [1.82, 2.24) is 0 Å². The van der Waals surface area contributed by atoms with Gasteiger partial charge in [-0.25, -0.2) is 0 Å². The molecule has 1 heterocycles. The molecule has 3 heteroatoms. The van der Waals surface area contributed by atoms with Gasteiger partial charge in [0.05, 0.1) is 6.54 Å². The number of halogens is 1. The van der Waals surface area contributed by atoms with Crippen molar-refractivity contribution in [1.29, 1.82) is 0 Å². The second-order valence-corrected chi connectivity index (χ2v) is 4.78. The molecule has 1 fully saturated rings. The summed E-state index contributed by atoms with van der Waals surface area (Å²) in [6, 6.07) is 0. The predicted octanol–water partition coefficient (Wildman–Crippen LogP) is 2.12. The lowest BCUT2D eigenvalue weighted by molar-refractivity contribution is 0.214. The number of ether oxygens (including phenoxy) is 1. The topological polar surface area (TPSA) is 21.6 Å². The third-order valence-electron chi connectivity index (χ3n) is 2.24. The zero-order valence-corrected chi connectivity index (χ0v) is 8.23. The van der Waals surface area contributed by atoms with Gasteiger partial charge >= 0.3 is 0 Å². The van der Waals surface area contributed by atoms with Crippen molar-refractivity contribution in [2.24, 2.45) is 4.99 Å². The lowest BCUT2D eigenvalue weighted by Crippen LogP contribution is -2.19. The first-order chi connectivity index (χ1) is 5.24. The molecule has 0 radical (unpaired) electrons. The van der Waals surface area contributed by atoms with E-state index in [0.717, 1.165) is 18.9 Å². The lowest BCUT2D eigenvalue weighted by Gasteiger charge is -2.10. The Morgan fingerprint density at radius 3 is 2.91 bits per heavy atom. The SMILES string of the molecule is CCC1CN=C(C2(Br)CC2)O1. The van der Waals surface area contributed by atoms with E-state index in [4.69, 9.17) is 4.74 Å². The van der Waals surface area contributed by atoms with Crippen molar-refractivity contribution >= 4 is 21.8 Å². The molecule has 2 aliphatic rings. The third-order valence-corrected chi connectivity index (χ3v) is 3.38. The zero-order chi connectivity index (χ0) is 7.90. The van der Waals surface area contributed by atoms with Crippen molar-refractivity contribution < 1.29 is 4.74 Å². The van der Waals surface area contributed by atoms with Crippen molar-refractivity contribution in [3.8, 4) is 0 Å². The molecule has 2 rings (SSSR count). The molecule has 0 amide bonds. The molecule has 0 aromatic rings. The second kappa shape index (κ2) is 2.47. The third kappa shape index (κ3) is 1.31. The number of nitrogens with zero attached hydrogens (tertiary/aromatic N) is 1. The van der Waals surface area contributed by atoms with Gasteiger partial charge in [0.25, 0.3) is 0 Å². The van der Waals surface area contributed by atoms with Crippen molar-refractivity contribution in [3.05, 3.63) is 0 Å². The summed E-state index contributed by atoms with van der Waals surface area (Å²) >= 11 is 3.62. The molecule has 2 nitrogen and oxygen atoms in total. The minimum Gasteiger partial charge on any atom is -0.475 e. The molecular weight excluding hydrogens is 206 g/mol. The highest BCUT2D eigenvalue weighted by molar-refractivity contribution is 9.10. The van der Waals surface area contributed by atoms with Gasteiger partial charge in [-0.3, -0.25) is 4.99 Å². The van der Waals surface area contributed by atoms with Gasteiger partial charge < -0.3 is 4.74 Å². The molecule has 0 aromatic carbocycles. The molecule has 0 bridgehead atoms. The van der Waals surface area contributed by atoms with Crippen LogP contribution in [0, 0.1) is 0 Å². The largest absolute Gasteiger partial charge is 0.475 e. The average Bonchev–Trinajstić information content (AvgIpc) is 2.61. The molecule has 1 saturated carbocycles. The van der Waals surface area contributed by atoms with Crippen LogP contribution in [0.2, 0.25) is 0 Å². The Morgan fingerprint density at radius 1 is 1.73 bits per heavy atom. The van der Waals surface area contributed by atoms with Crippen LogP contribution >= 0.6 is 15.9 Å². The fourth-order valence-electron chi connectivity index (χ4n) is 1.20. The molecular formula is C8H12BrNO. The van der Waals surface area contributed by atoms with Crippen LogP contribution in [-0.4, -0.2) is 22.9 Å². The van der Waals surface area contributed by atoms with E-state index in [1.54, 1.807) is 0 Å². The Kier molecular flexibility index (Phi) is 1.71. The minimum absolute atomic E-state index is 0.150. The zero-order valence-electron chi connectivity index (χ0n) is 6.64. The average molecular weight is 218 g/mol. The van der Waals surface area contributed by atoms with Gasteiger partial charge in [0.15, 0.2) is 0 Å². The Hall–Kier alpha value is -0.0500. The molecule has 1 aliphatic carbocycles. The lowest BCUT2D eigenvalue weighted by atomic mass is 10.3. The fourth-order valence-corrected chi connectivity index (χ4v) is 1.62. The molecule has 1 unspecified atom stereocenters. The Bertz CT molecular complexity index is 198. The van der Waals surface area contributed by atoms with Gasteiger partial charge in [-0.1, -0.05) is 22.9 Å². The molecule has 0 aromatic heterocycles. The molecule has 0 N–H and O–H groups in total. The molecule has 1 atom stereocenters. The summed E-state index contributed by atoms with van der Waals surface area (Å²) in [6.45, 7) is 3.00. The van der Waals surface area contributed by atoms with E-state index in [1.165, 1.54) is 12.8 Å². The summed E-state index contributed by atoms with van der Waals surface area (Å²) in [4.78, 5) is 4.37. The van der Waals surface area contributed by atoms with Crippen LogP contribution in [0.3, 0.4) is 0 Å². The smallest absolute Gasteiger partial charge is 0.201 e. The van der Waals surface area contributed by atoms with E-state index in [2.05, 4.69) is 27.8 Å². The van der Waals surface area contributed by atoms with E-state index < -0.39 is 0 Å². The van der Waals surface area contributed by atoms with E-state index in [9.17, 15) is 0 Å². The van der Waals surface area contributed by atoms with Crippen molar-refractivity contribution in [2.45, 2.75) is 36.6 Å². The van der Waals surface area contributed by atoms with E-state index in [1.807, 2.05) is 0 Å². The van der Waals surface area contributed by atoms with Crippen molar-refractivity contribution in [2.75, 3.05) is 6.54 Å². The fraction of sp³-hybridized carbons (Fsp3) is 0.875. The molecule has 0 spiro atoms. The van der Waals surface area contributed by atoms with Crippen LogP contribution in [0.5, 0.6) is 0 Å². The summed E-state index contributed by atoms with van der Waals surface area (Å²) in [5.74, 6) is 0.948. The number of hydrogen-bond donors (Lipinski definition) is 0. The monoisotopic (exact) mass is 217 g/mol. The first-order valence-electron chi connectivity index (χ1n) is 4.15. The number of hydrogen-bond acceptors (Lipinski definition) is 2. The van der Waals surface area contributed by atoms with Crippen LogP contribution in [0.1, 0.15) is 26.2 Å². The van der Waals surface area contributed by atoms with Crippen LogP contribution in [0.4, 0.5) is 0 Å². The summed E-state index contributed by atoms with van der Waals surface area (Å²) in [5.41, 5.74) is 0. The molecule has 0 saturated heterocycles. The predicted molar refractivity (Wildman–Crippen MR) is 48.4 cm³/mol. The maximum Gasteiger partial charge on any atom is 0.201 e. The first kappa shape index (κ1) is 7.59. The molecule has 62 valence electrons. The highest BCUT2D eigenvalue weighted by Gasteiger charge is 2.48.